The van der Waals surface area contributed by atoms with Gasteiger partial charge in [-0.05, 0) is 30.5 Å². The van der Waals surface area contributed by atoms with Gasteiger partial charge in [0.1, 0.15) is 11.4 Å². The predicted molar refractivity (Wildman–Crippen MR) is 87.0 cm³/mol. The molecular formula is C17H18F3N3O3. The van der Waals surface area contributed by atoms with Crippen LogP contribution in [0.4, 0.5) is 13.2 Å². The third kappa shape index (κ3) is 3.76. The van der Waals surface area contributed by atoms with E-state index in [4.69, 9.17) is 0 Å². The van der Waals surface area contributed by atoms with Gasteiger partial charge in [0.05, 0.1) is 0 Å². The maximum atomic E-state index is 12.4. The van der Waals surface area contributed by atoms with E-state index in [1.807, 2.05) is 0 Å². The quantitative estimate of drug-likeness (QED) is 0.850. The topological polar surface area (TPSA) is 76.1 Å². The Morgan fingerprint density at radius 3 is 2.62 bits per heavy atom. The highest BCUT2D eigenvalue weighted by molar-refractivity contribution is 5.92. The van der Waals surface area contributed by atoms with Crippen LogP contribution in [-0.2, 0) is 12.5 Å². The van der Waals surface area contributed by atoms with Crippen LogP contribution in [0.25, 0.3) is 0 Å². The van der Waals surface area contributed by atoms with Crippen LogP contribution in [0.15, 0.2) is 35.1 Å². The predicted octanol–water partition coefficient (Wildman–Crippen LogP) is 2.46. The second-order valence-corrected chi connectivity index (χ2v) is 6.46. The summed E-state index contributed by atoms with van der Waals surface area (Å²) in [5.74, 6) is -0.711. The van der Waals surface area contributed by atoms with E-state index in [9.17, 15) is 22.8 Å². The number of rotatable bonds is 5. The lowest BCUT2D eigenvalue weighted by Crippen LogP contribution is -2.45. The van der Waals surface area contributed by atoms with Crippen molar-refractivity contribution in [2.24, 2.45) is 7.05 Å². The van der Waals surface area contributed by atoms with Gasteiger partial charge in [-0.15, -0.1) is 13.2 Å². The van der Waals surface area contributed by atoms with Gasteiger partial charge in [-0.1, -0.05) is 18.6 Å². The molecule has 0 radical (unpaired) electrons. The first-order valence-corrected chi connectivity index (χ1v) is 8.09. The van der Waals surface area contributed by atoms with E-state index in [-0.39, 0.29) is 23.5 Å². The summed E-state index contributed by atoms with van der Waals surface area (Å²) in [7, 11) is 1.50. The highest BCUT2D eigenvalue weighted by Gasteiger charge is 2.40. The summed E-state index contributed by atoms with van der Waals surface area (Å²) in [5, 5.41) is 5.40. The molecule has 2 aromatic rings. The Morgan fingerprint density at radius 1 is 1.35 bits per heavy atom. The largest absolute Gasteiger partial charge is 0.573 e. The van der Waals surface area contributed by atoms with Crippen molar-refractivity contribution >= 4 is 5.91 Å². The summed E-state index contributed by atoms with van der Waals surface area (Å²) in [6.45, 7) is 0.262. The lowest BCUT2D eigenvalue weighted by Gasteiger charge is -2.42. The van der Waals surface area contributed by atoms with Crippen LogP contribution in [0.1, 0.15) is 35.3 Å². The van der Waals surface area contributed by atoms with Gasteiger partial charge in [0.15, 0.2) is 0 Å². The van der Waals surface area contributed by atoms with Crippen LogP contribution < -0.4 is 15.6 Å². The minimum absolute atomic E-state index is 0.140. The summed E-state index contributed by atoms with van der Waals surface area (Å²) in [5.41, 5.74) is 0.0642. The Hall–Kier alpha value is -2.71. The second kappa shape index (κ2) is 6.54. The molecule has 6 nitrogen and oxygen atoms in total. The standard InChI is InChI=1S/C17H18F3N3O3/c1-23-14(24)9-13(22-23)15(25)21-10-16(6-3-7-16)11-4-2-5-12(8-11)26-17(18,19)20/h2,4-5,8-9,22H,3,6-7,10H2,1H3,(H,21,25). The minimum atomic E-state index is -4.75. The molecule has 1 saturated carbocycles. The molecule has 1 fully saturated rings. The second-order valence-electron chi connectivity index (χ2n) is 6.46. The smallest absolute Gasteiger partial charge is 0.406 e. The number of halogens is 3. The molecule has 1 aromatic carbocycles. The van der Waals surface area contributed by atoms with Gasteiger partial charge in [0, 0.05) is 25.1 Å². The Bertz CT molecular complexity index is 866. The van der Waals surface area contributed by atoms with Gasteiger partial charge in [0.2, 0.25) is 0 Å². The molecule has 26 heavy (non-hydrogen) atoms. The van der Waals surface area contributed by atoms with E-state index in [0.29, 0.717) is 5.56 Å². The van der Waals surface area contributed by atoms with E-state index >= 15 is 0 Å². The number of ether oxygens (including phenoxy) is 1. The molecule has 9 heteroatoms. The fraction of sp³-hybridized carbons (Fsp3) is 0.412. The fourth-order valence-electron chi connectivity index (χ4n) is 3.14. The molecule has 0 spiro atoms. The molecule has 0 bridgehead atoms. The zero-order valence-electron chi connectivity index (χ0n) is 14.0. The number of carbonyl (C=O) groups excluding carboxylic acids is 1. The lowest BCUT2D eigenvalue weighted by atomic mass is 9.64. The Morgan fingerprint density at radius 2 is 2.08 bits per heavy atom. The van der Waals surface area contributed by atoms with Crippen molar-refractivity contribution in [2.75, 3.05) is 6.54 Å². The number of aryl methyl sites for hydroxylation is 1. The molecule has 1 heterocycles. The summed E-state index contributed by atoms with van der Waals surface area (Å²) >= 11 is 0. The van der Waals surface area contributed by atoms with Crippen LogP contribution in [0, 0.1) is 0 Å². The minimum Gasteiger partial charge on any atom is -0.406 e. The van der Waals surface area contributed by atoms with Crippen molar-refractivity contribution in [3.8, 4) is 5.75 Å². The zero-order valence-corrected chi connectivity index (χ0v) is 14.0. The first-order valence-electron chi connectivity index (χ1n) is 8.09. The van der Waals surface area contributed by atoms with E-state index in [1.165, 1.54) is 36.0 Å². The fourth-order valence-corrected chi connectivity index (χ4v) is 3.14. The van der Waals surface area contributed by atoms with Crippen molar-refractivity contribution in [2.45, 2.75) is 31.0 Å². The van der Waals surface area contributed by atoms with Crippen LogP contribution in [0.5, 0.6) is 5.75 Å². The van der Waals surface area contributed by atoms with Gasteiger partial charge in [-0.25, -0.2) is 0 Å². The average molecular weight is 369 g/mol. The van der Waals surface area contributed by atoms with E-state index in [1.54, 1.807) is 6.07 Å². The molecule has 1 aliphatic rings. The SMILES string of the molecule is Cn1[nH]c(C(=O)NCC2(c3cccc(OC(F)(F)F)c3)CCC2)cc1=O. The number of amides is 1. The number of H-pyrrole nitrogens is 1. The third-order valence-electron chi connectivity index (χ3n) is 4.71. The maximum absolute atomic E-state index is 12.4. The Labute approximate surface area is 146 Å². The molecule has 3 rings (SSSR count). The van der Waals surface area contributed by atoms with Crippen molar-refractivity contribution in [3.63, 3.8) is 0 Å². The number of hydrogen-bond donors (Lipinski definition) is 2. The normalized spacial score (nSPS) is 16.0. The number of alkyl halides is 3. The van der Waals surface area contributed by atoms with Gasteiger partial charge >= 0.3 is 6.36 Å². The zero-order chi connectivity index (χ0) is 18.9. The number of aromatic amines is 1. The van der Waals surface area contributed by atoms with Crippen LogP contribution >= 0.6 is 0 Å². The van der Waals surface area contributed by atoms with Gasteiger partial charge < -0.3 is 10.1 Å². The Kier molecular flexibility index (Phi) is 4.55. The van der Waals surface area contributed by atoms with Crippen molar-refractivity contribution in [1.82, 2.24) is 15.1 Å². The Balaban J connectivity index is 1.74. The number of carbonyl (C=O) groups is 1. The van der Waals surface area contributed by atoms with Crippen LogP contribution in [-0.4, -0.2) is 28.6 Å². The molecule has 140 valence electrons. The van der Waals surface area contributed by atoms with E-state index in [2.05, 4.69) is 15.2 Å². The van der Waals surface area contributed by atoms with E-state index < -0.39 is 17.7 Å². The molecule has 0 aliphatic heterocycles. The third-order valence-corrected chi connectivity index (χ3v) is 4.71. The number of nitrogens with zero attached hydrogens (tertiary/aromatic N) is 1. The molecule has 0 saturated heterocycles. The molecular weight excluding hydrogens is 351 g/mol. The average Bonchev–Trinajstić information content (AvgIpc) is 2.84. The summed E-state index contributed by atoms with van der Waals surface area (Å²) in [6.07, 6.45) is -2.34. The van der Waals surface area contributed by atoms with Gasteiger partial charge in [-0.2, -0.15) is 0 Å². The number of benzene rings is 1. The van der Waals surface area contributed by atoms with Crippen molar-refractivity contribution in [1.29, 1.82) is 0 Å². The highest BCUT2D eigenvalue weighted by Crippen LogP contribution is 2.44. The van der Waals surface area contributed by atoms with Gasteiger partial charge in [0.25, 0.3) is 11.5 Å². The van der Waals surface area contributed by atoms with Crippen molar-refractivity contribution < 1.29 is 22.7 Å². The summed E-state index contributed by atoms with van der Waals surface area (Å²) < 4.78 is 42.5. The molecule has 0 unspecified atom stereocenters. The van der Waals surface area contributed by atoms with E-state index in [0.717, 1.165) is 19.3 Å². The first kappa shape index (κ1) is 18.1. The lowest BCUT2D eigenvalue weighted by molar-refractivity contribution is -0.274. The highest BCUT2D eigenvalue weighted by atomic mass is 19.4. The maximum Gasteiger partial charge on any atom is 0.573 e. The molecule has 1 amide bonds. The summed E-state index contributed by atoms with van der Waals surface area (Å²) in [4.78, 5) is 23.6. The van der Waals surface area contributed by atoms with Gasteiger partial charge in [-0.3, -0.25) is 19.4 Å². The molecule has 1 aromatic heterocycles. The molecule has 0 atom stereocenters. The number of nitrogens with one attached hydrogen (secondary N) is 2. The molecule has 1 aliphatic carbocycles. The number of aromatic nitrogens is 2. The van der Waals surface area contributed by atoms with Crippen LogP contribution in [0.2, 0.25) is 0 Å². The van der Waals surface area contributed by atoms with Crippen LogP contribution in [0.3, 0.4) is 0 Å². The first-order chi connectivity index (χ1) is 12.2. The summed E-state index contributed by atoms with van der Waals surface area (Å²) in [6, 6.07) is 7.05. The van der Waals surface area contributed by atoms with Crippen molar-refractivity contribution in [3.05, 3.63) is 51.9 Å². The number of hydrogen-bond acceptors (Lipinski definition) is 3. The monoisotopic (exact) mass is 369 g/mol. The molecule has 2 N–H and O–H groups in total.